The highest BCUT2D eigenvalue weighted by Gasteiger charge is 2.23. The minimum Gasteiger partial charge on any atom is -0.494 e. The molecule has 1 unspecified atom stereocenters. The molecule has 0 bridgehead atoms. The largest absolute Gasteiger partial charge is 0.494 e. The second-order valence-corrected chi connectivity index (χ2v) is 12.3. The SMILES string of the molecule is CCCCCCCOc1ccc(-c2cnc(-c3ccc(CC(C=O)NC(=O)c4nnc(C(C)(C)C)s4)cc3)nc2)cc1. The summed E-state index contributed by atoms with van der Waals surface area (Å²) >= 11 is 1.24. The molecule has 9 heteroatoms. The van der Waals surface area contributed by atoms with Gasteiger partial charge in [0.2, 0.25) is 5.01 Å². The zero-order valence-corrected chi connectivity index (χ0v) is 25.6. The number of amides is 1. The van der Waals surface area contributed by atoms with Crippen molar-refractivity contribution in [2.45, 2.75) is 77.7 Å². The van der Waals surface area contributed by atoms with Gasteiger partial charge in [-0.3, -0.25) is 4.79 Å². The average molecular weight is 586 g/mol. The van der Waals surface area contributed by atoms with Gasteiger partial charge < -0.3 is 14.8 Å². The third-order valence-electron chi connectivity index (χ3n) is 6.77. The third-order valence-corrected chi connectivity index (χ3v) is 8.11. The molecule has 0 spiro atoms. The van der Waals surface area contributed by atoms with Crippen molar-refractivity contribution in [2.24, 2.45) is 0 Å². The predicted octanol–water partition coefficient (Wildman–Crippen LogP) is 6.85. The van der Waals surface area contributed by atoms with E-state index in [0.717, 1.165) is 52.3 Å². The number of rotatable bonds is 14. The summed E-state index contributed by atoms with van der Waals surface area (Å²) in [6.45, 7) is 9.00. The van der Waals surface area contributed by atoms with Crippen LogP contribution in [0.25, 0.3) is 22.5 Å². The Balaban J connectivity index is 1.30. The van der Waals surface area contributed by atoms with E-state index in [1.54, 1.807) is 0 Å². The smallest absolute Gasteiger partial charge is 0.282 e. The molecule has 0 aliphatic heterocycles. The zero-order chi connectivity index (χ0) is 30.0. The molecular weight excluding hydrogens is 546 g/mol. The van der Waals surface area contributed by atoms with Crippen molar-refractivity contribution >= 4 is 23.5 Å². The Bertz CT molecular complexity index is 1430. The van der Waals surface area contributed by atoms with E-state index in [0.29, 0.717) is 12.2 Å². The van der Waals surface area contributed by atoms with Gasteiger partial charge in [0, 0.05) is 28.9 Å². The van der Waals surface area contributed by atoms with Gasteiger partial charge in [-0.25, -0.2) is 9.97 Å². The molecule has 8 nitrogen and oxygen atoms in total. The number of hydrogen-bond donors (Lipinski definition) is 1. The topological polar surface area (TPSA) is 107 Å². The average Bonchev–Trinajstić information content (AvgIpc) is 3.51. The lowest BCUT2D eigenvalue weighted by Crippen LogP contribution is -2.37. The first kappa shape index (κ1) is 31.0. The summed E-state index contributed by atoms with van der Waals surface area (Å²) in [5.74, 6) is 1.09. The first-order chi connectivity index (χ1) is 20.3. The van der Waals surface area contributed by atoms with E-state index in [4.69, 9.17) is 4.74 Å². The maximum atomic E-state index is 12.6. The van der Waals surface area contributed by atoms with Crippen LogP contribution >= 0.6 is 11.3 Å². The van der Waals surface area contributed by atoms with E-state index in [9.17, 15) is 9.59 Å². The first-order valence-corrected chi connectivity index (χ1v) is 15.3. The van der Waals surface area contributed by atoms with Crippen LogP contribution in [0.1, 0.15) is 80.2 Å². The van der Waals surface area contributed by atoms with Crippen molar-refractivity contribution in [3.8, 4) is 28.3 Å². The van der Waals surface area contributed by atoms with Crippen molar-refractivity contribution in [3.63, 3.8) is 0 Å². The van der Waals surface area contributed by atoms with Crippen LogP contribution in [0.5, 0.6) is 5.75 Å². The molecule has 220 valence electrons. The normalized spacial score (nSPS) is 12.1. The second-order valence-electron chi connectivity index (χ2n) is 11.4. The standard InChI is InChI=1S/C33H39N5O3S/c1-5-6-7-8-9-18-41-28-16-14-24(15-17-28)26-20-34-29(35-21-26)25-12-10-23(11-13-25)19-27(22-39)36-30(40)31-37-38-32(42-31)33(2,3)4/h10-17,20-22,27H,5-9,18-19H2,1-4H3,(H,36,40). The van der Waals surface area contributed by atoms with Gasteiger partial charge >= 0.3 is 0 Å². The summed E-state index contributed by atoms with van der Waals surface area (Å²) < 4.78 is 5.87. The molecule has 0 saturated carbocycles. The Morgan fingerprint density at radius 3 is 2.19 bits per heavy atom. The Labute approximate surface area is 252 Å². The van der Waals surface area contributed by atoms with Crippen LogP contribution in [0, 0.1) is 0 Å². The lowest BCUT2D eigenvalue weighted by molar-refractivity contribution is -0.109. The number of unbranched alkanes of at least 4 members (excludes halogenated alkanes) is 4. The highest BCUT2D eigenvalue weighted by Crippen LogP contribution is 2.26. The van der Waals surface area contributed by atoms with Crippen LogP contribution in [0.2, 0.25) is 0 Å². The molecule has 4 aromatic rings. The summed E-state index contributed by atoms with van der Waals surface area (Å²) in [5.41, 5.74) is 3.53. The number of ether oxygens (including phenoxy) is 1. The second kappa shape index (κ2) is 14.8. The minimum absolute atomic E-state index is 0.195. The van der Waals surface area contributed by atoms with E-state index < -0.39 is 11.9 Å². The van der Waals surface area contributed by atoms with E-state index >= 15 is 0 Å². The van der Waals surface area contributed by atoms with E-state index in [1.165, 1.54) is 37.0 Å². The van der Waals surface area contributed by atoms with E-state index in [-0.39, 0.29) is 10.4 Å². The van der Waals surface area contributed by atoms with Crippen molar-refractivity contribution in [1.82, 2.24) is 25.5 Å². The molecule has 0 saturated heterocycles. The summed E-state index contributed by atoms with van der Waals surface area (Å²) in [6.07, 6.45) is 10.8. The molecule has 2 aromatic carbocycles. The molecule has 4 rings (SSSR count). The van der Waals surface area contributed by atoms with Crippen LogP contribution in [-0.4, -0.2) is 45.0 Å². The quantitative estimate of drug-likeness (QED) is 0.127. The molecule has 1 atom stereocenters. The van der Waals surface area contributed by atoms with Gasteiger partial charge in [0.25, 0.3) is 5.91 Å². The molecule has 2 aromatic heterocycles. The van der Waals surface area contributed by atoms with Gasteiger partial charge in [0.1, 0.15) is 17.0 Å². The maximum absolute atomic E-state index is 12.6. The number of hydrogen-bond acceptors (Lipinski definition) is 8. The van der Waals surface area contributed by atoms with Gasteiger partial charge in [0.05, 0.1) is 12.6 Å². The Morgan fingerprint density at radius 1 is 0.905 bits per heavy atom. The van der Waals surface area contributed by atoms with Crippen LogP contribution in [0.4, 0.5) is 0 Å². The summed E-state index contributed by atoms with van der Waals surface area (Å²) in [5, 5.41) is 11.9. The molecule has 0 radical (unpaired) electrons. The first-order valence-electron chi connectivity index (χ1n) is 14.5. The molecule has 0 aliphatic rings. The van der Waals surface area contributed by atoms with Crippen molar-refractivity contribution in [2.75, 3.05) is 6.61 Å². The minimum atomic E-state index is -0.677. The molecule has 1 N–H and O–H groups in total. The predicted molar refractivity (Wildman–Crippen MR) is 167 cm³/mol. The summed E-state index contributed by atoms with van der Waals surface area (Å²) in [6, 6.07) is 15.0. The highest BCUT2D eigenvalue weighted by atomic mass is 32.1. The van der Waals surface area contributed by atoms with Crippen LogP contribution in [-0.2, 0) is 16.6 Å². The summed E-state index contributed by atoms with van der Waals surface area (Å²) in [7, 11) is 0. The van der Waals surface area contributed by atoms with E-state index in [2.05, 4.69) is 32.4 Å². The number of nitrogens with one attached hydrogen (secondary N) is 1. The molecule has 0 fully saturated rings. The maximum Gasteiger partial charge on any atom is 0.282 e. The summed E-state index contributed by atoms with van der Waals surface area (Å²) in [4.78, 5) is 33.5. The Kier molecular flexibility index (Phi) is 10.9. The fraction of sp³-hybridized carbons (Fsp3) is 0.394. The zero-order valence-electron chi connectivity index (χ0n) is 24.8. The molecule has 42 heavy (non-hydrogen) atoms. The Morgan fingerprint density at radius 2 is 1.57 bits per heavy atom. The number of carbonyl (C=O) groups excluding carboxylic acids is 2. The molecular formula is C33H39N5O3S. The number of aromatic nitrogens is 4. The number of benzene rings is 2. The van der Waals surface area contributed by atoms with Gasteiger partial charge in [0.15, 0.2) is 5.82 Å². The van der Waals surface area contributed by atoms with Gasteiger partial charge in [-0.05, 0) is 36.1 Å². The lowest BCUT2D eigenvalue weighted by Gasteiger charge is -2.13. The van der Waals surface area contributed by atoms with Crippen LogP contribution in [0.15, 0.2) is 60.9 Å². The van der Waals surface area contributed by atoms with E-state index in [1.807, 2.05) is 81.7 Å². The third kappa shape index (κ3) is 8.76. The molecule has 2 heterocycles. The monoisotopic (exact) mass is 585 g/mol. The van der Waals surface area contributed by atoms with Crippen molar-refractivity contribution in [3.05, 3.63) is 76.5 Å². The van der Waals surface area contributed by atoms with Crippen molar-refractivity contribution in [1.29, 1.82) is 0 Å². The van der Waals surface area contributed by atoms with Crippen LogP contribution < -0.4 is 10.1 Å². The number of nitrogens with zero attached hydrogens (tertiary/aromatic N) is 4. The number of aldehydes is 1. The van der Waals surface area contributed by atoms with Crippen molar-refractivity contribution < 1.29 is 14.3 Å². The van der Waals surface area contributed by atoms with Gasteiger partial charge in [-0.1, -0.05) is 101 Å². The highest BCUT2D eigenvalue weighted by molar-refractivity contribution is 7.13. The number of carbonyl (C=O) groups is 2. The van der Waals surface area contributed by atoms with Gasteiger partial charge in [-0.2, -0.15) is 0 Å². The Hall–Kier alpha value is -3.98. The lowest BCUT2D eigenvalue weighted by atomic mass is 9.98. The molecule has 1 amide bonds. The fourth-order valence-electron chi connectivity index (χ4n) is 4.29. The van der Waals surface area contributed by atoms with Gasteiger partial charge in [-0.15, -0.1) is 10.2 Å². The van der Waals surface area contributed by atoms with Crippen LogP contribution in [0.3, 0.4) is 0 Å². The fourth-order valence-corrected chi connectivity index (χ4v) is 5.09. The molecule has 0 aliphatic carbocycles.